The third-order valence-corrected chi connectivity index (χ3v) is 3.40. The zero-order chi connectivity index (χ0) is 16.0. The molecule has 0 radical (unpaired) electrons. The van der Waals surface area contributed by atoms with Crippen LogP contribution in [0, 0.1) is 20.2 Å². The smallest absolute Gasteiger partial charge is 0.285 e. The molecule has 8 heteroatoms. The summed E-state index contributed by atoms with van der Waals surface area (Å²) in [6.45, 7) is 0. The molecule has 22 heavy (non-hydrogen) atoms. The Labute approximate surface area is 122 Å². The van der Waals surface area contributed by atoms with E-state index in [0.29, 0.717) is 10.8 Å². The summed E-state index contributed by atoms with van der Waals surface area (Å²) in [6.07, 6.45) is 0. The van der Waals surface area contributed by atoms with Crippen LogP contribution in [0.5, 0.6) is 0 Å². The van der Waals surface area contributed by atoms with Crippen molar-refractivity contribution >= 4 is 28.0 Å². The van der Waals surface area contributed by atoms with Crippen molar-refractivity contribution in [1.29, 1.82) is 0 Å². The van der Waals surface area contributed by atoms with Crippen molar-refractivity contribution in [3.05, 3.63) is 73.5 Å². The molecule has 3 rings (SSSR count). The van der Waals surface area contributed by atoms with E-state index < -0.39 is 32.8 Å². The minimum Gasteiger partial charge on any atom is -0.285 e. The molecule has 1 aliphatic rings. The molecule has 0 heterocycles. The number of carbonyl (C=O) groups excluding carboxylic acids is 2. The minimum absolute atomic E-state index is 0.194. The van der Waals surface area contributed by atoms with Crippen molar-refractivity contribution in [2.24, 2.45) is 0 Å². The molecule has 0 aromatic heterocycles. The van der Waals surface area contributed by atoms with E-state index in [1.807, 2.05) is 0 Å². The van der Waals surface area contributed by atoms with E-state index in [9.17, 15) is 29.8 Å². The van der Waals surface area contributed by atoms with E-state index in [0.717, 1.165) is 0 Å². The highest BCUT2D eigenvalue weighted by Crippen LogP contribution is 2.33. The summed E-state index contributed by atoms with van der Waals surface area (Å²) in [6, 6.07) is 9.37. The van der Waals surface area contributed by atoms with Gasteiger partial charge >= 0.3 is 17.2 Å². The second-order valence-corrected chi connectivity index (χ2v) is 4.61. The molecular weight excluding hydrogens is 292 g/mol. The second-order valence-electron chi connectivity index (χ2n) is 4.61. The van der Waals surface area contributed by atoms with Gasteiger partial charge in [0.2, 0.25) is 5.78 Å². The lowest BCUT2D eigenvalue weighted by molar-refractivity contribution is -0.438. The Kier molecular flexibility index (Phi) is 2.81. The number of nitrogens with zero attached hydrogens (tertiary/aromatic N) is 2. The molecule has 8 nitrogen and oxygen atoms in total. The fraction of sp³-hybridized carbons (Fsp3) is 0. The van der Waals surface area contributed by atoms with Gasteiger partial charge in [0, 0.05) is 5.56 Å². The van der Waals surface area contributed by atoms with Gasteiger partial charge < -0.3 is 0 Å². The van der Waals surface area contributed by atoms with Gasteiger partial charge in [0.15, 0.2) is 0 Å². The highest BCUT2D eigenvalue weighted by molar-refractivity contribution is 6.51. The summed E-state index contributed by atoms with van der Waals surface area (Å²) in [5.41, 5.74) is -2.64. The molecule has 1 aliphatic carbocycles. The first kappa shape index (κ1) is 13.6. The number of benzene rings is 2. The fourth-order valence-electron chi connectivity index (χ4n) is 2.44. The number of carbonyl (C=O) groups is 2. The lowest BCUT2D eigenvalue weighted by atomic mass is 9.88. The molecule has 0 fully saturated rings. The van der Waals surface area contributed by atoms with Gasteiger partial charge in [0.1, 0.15) is 0 Å². The molecule has 0 unspecified atom stereocenters. The summed E-state index contributed by atoms with van der Waals surface area (Å²) < 4.78 is 0. The van der Waals surface area contributed by atoms with Gasteiger partial charge in [-0.3, -0.25) is 29.8 Å². The number of rotatable bonds is 2. The van der Waals surface area contributed by atoms with Gasteiger partial charge in [-0.25, -0.2) is 0 Å². The Bertz CT molecular complexity index is 928. The van der Waals surface area contributed by atoms with E-state index >= 15 is 0 Å². The van der Waals surface area contributed by atoms with Crippen LogP contribution < -0.4 is 0 Å². The summed E-state index contributed by atoms with van der Waals surface area (Å²) >= 11 is 0. The average molecular weight is 298 g/mol. The number of allylic oxidation sites excluding steroid dienone is 1. The third kappa shape index (κ3) is 1.78. The molecule has 0 aliphatic heterocycles. The van der Waals surface area contributed by atoms with Crippen molar-refractivity contribution in [1.82, 2.24) is 0 Å². The Morgan fingerprint density at radius 1 is 0.727 bits per heavy atom. The van der Waals surface area contributed by atoms with Gasteiger partial charge in [-0.2, -0.15) is 0 Å². The molecular formula is C14H6N2O6. The summed E-state index contributed by atoms with van der Waals surface area (Å²) in [7, 11) is 0. The predicted molar refractivity (Wildman–Crippen MR) is 74.2 cm³/mol. The largest absolute Gasteiger partial charge is 0.397 e. The number of nitro groups is 2. The maximum absolute atomic E-state index is 12.0. The molecule has 0 saturated heterocycles. The van der Waals surface area contributed by atoms with Crippen LogP contribution in [-0.4, -0.2) is 21.4 Å². The normalized spacial score (nSPS) is 14.2. The van der Waals surface area contributed by atoms with E-state index in [1.54, 1.807) is 24.3 Å². The Balaban J connectivity index is 2.47. The number of hydrogen-bond acceptors (Lipinski definition) is 6. The van der Waals surface area contributed by atoms with Crippen LogP contribution in [0.4, 0.5) is 0 Å². The number of hydrogen-bond donors (Lipinski definition) is 0. The number of ketones is 2. The van der Waals surface area contributed by atoms with Gasteiger partial charge in [0.05, 0.1) is 15.4 Å². The number of Topliss-reactive ketones (excluding diaryl/α,β-unsaturated/α-hetero) is 2. The second kappa shape index (κ2) is 4.55. The molecule has 0 spiro atoms. The molecule has 0 bridgehead atoms. The van der Waals surface area contributed by atoms with Crippen LogP contribution in [0.15, 0.2) is 42.1 Å². The van der Waals surface area contributed by atoms with E-state index in [4.69, 9.17) is 0 Å². The summed E-state index contributed by atoms with van der Waals surface area (Å²) in [5, 5.41) is 23.3. The molecule has 0 N–H and O–H groups in total. The van der Waals surface area contributed by atoms with Crippen molar-refractivity contribution in [3.63, 3.8) is 0 Å². The van der Waals surface area contributed by atoms with Crippen molar-refractivity contribution in [2.45, 2.75) is 0 Å². The molecule has 0 amide bonds. The van der Waals surface area contributed by atoms with Gasteiger partial charge in [-0.1, -0.05) is 24.3 Å². The lowest BCUT2D eigenvalue weighted by Gasteiger charge is -2.12. The quantitative estimate of drug-likeness (QED) is 0.473. The van der Waals surface area contributed by atoms with E-state index in [-0.39, 0.29) is 11.1 Å². The van der Waals surface area contributed by atoms with Gasteiger partial charge in [-0.15, -0.1) is 0 Å². The van der Waals surface area contributed by atoms with Crippen LogP contribution in [0.25, 0.3) is 16.5 Å². The van der Waals surface area contributed by atoms with Crippen molar-refractivity contribution < 1.29 is 19.4 Å². The van der Waals surface area contributed by atoms with Gasteiger partial charge in [-0.05, 0) is 22.9 Å². The molecule has 0 atom stereocenters. The first-order chi connectivity index (χ1) is 10.4. The van der Waals surface area contributed by atoms with Gasteiger partial charge in [0.25, 0.3) is 0 Å². The fourth-order valence-corrected chi connectivity index (χ4v) is 2.44. The van der Waals surface area contributed by atoms with E-state index in [1.165, 1.54) is 12.1 Å². The minimum atomic E-state index is -1.47. The Morgan fingerprint density at radius 3 is 1.73 bits per heavy atom. The molecule has 2 aromatic rings. The predicted octanol–water partition coefficient (Wildman–Crippen LogP) is 1.83. The first-order valence-corrected chi connectivity index (χ1v) is 6.07. The first-order valence-electron chi connectivity index (χ1n) is 6.07. The SMILES string of the molecule is O=C1C(=O)c2cc3ccccc3cc2C([N+](=O)[O-])=C1[N+](=O)[O-]. The van der Waals surface area contributed by atoms with Crippen LogP contribution in [0.1, 0.15) is 15.9 Å². The van der Waals surface area contributed by atoms with Crippen molar-refractivity contribution in [3.8, 4) is 0 Å². The topological polar surface area (TPSA) is 120 Å². The molecule has 2 aromatic carbocycles. The van der Waals surface area contributed by atoms with Crippen LogP contribution in [0.2, 0.25) is 0 Å². The highest BCUT2D eigenvalue weighted by Gasteiger charge is 2.47. The summed E-state index contributed by atoms with van der Waals surface area (Å²) in [5.74, 6) is -2.59. The lowest BCUT2D eigenvalue weighted by Crippen LogP contribution is -2.29. The van der Waals surface area contributed by atoms with Crippen molar-refractivity contribution in [2.75, 3.05) is 0 Å². The standard InChI is InChI=1S/C14H6N2O6/c17-13-10-6-8-4-2-1-3-7(8)5-9(10)11(15(19)20)12(14(13)18)16(21)22/h1-6H. The maximum atomic E-state index is 12.0. The zero-order valence-corrected chi connectivity index (χ0v) is 10.8. The summed E-state index contributed by atoms with van der Waals surface area (Å²) in [4.78, 5) is 43.8. The molecule has 108 valence electrons. The number of fused-ring (bicyclic) bond motifs is 2. The van der Waals surface area contributed by atoms with Crippen LogP contribution in [0.3, 0.4) is 0 Å². The van der Waals surface area contributed by atoms with Crippen LogP contribution >= 0.6 is 0 Å². The maximum Gasteiger partial charge on any atom is 0.397 e. The molecule has 0 saturated carbocycles. The van der Waals surface area contributed by atoms with E-state index in [2.05, 4.69) is 0 Å². The Hall–Kier alpha value is -3.42. The monoisotopic (exact) mass is 298 g/mol. The highest BCUT2D eigenvalue weighted by atomic mass is 16.6. The third-order valence-electron chi connectivity index (χ3n) is 3.40. The Morgan fingerprint density at radius 2 is 1.23 bits per heavy atom. The average Bonchev–Trinajstić information content (AvgIpc) is 2.48. The zero-order valence-electron chi connectivity index (χ0n) is 10.8. The van der Waals surface area contributed by atoms with Crippen LogP contribution in [-0.2, 0) is 4.79 Å².